The largest absolute Gasteiger partial charge is 0.335 e. The number of aromatic nitrogens is 2. The summed E-state index contributed by atoms with van der Waals surface area (Å²) in [6.07, 6.45) is 4.39. The maximum atomic E-state index is 13.3. The second-order valence-corrected chi connectivity index (χ2v) is 5.73. The summed E-state index contributed by atoms with van der Waals surface area (Å²) in [7, 11) is 0. The zero-order valence-electron chi connectivity index (χ0n) is 13.4. The number of hydrogen-bond donors (Lipinski definition) is 0. The highest BCUT2D eigenvalue weighted by atomic mass is 19.2. The van der Waals surface area contributed by atoms with Crippen LogP contribution in [0.4, 0.5) is 14.7 Å². The number of hydrogen-bond acceptors (Lipinski definition) is 4. The van der Waals surface area contributed by atoms with E-state index in [-0.39, 0.29) is 19.0 Å². The van der Waals surface area contributed by atoms with E-state index < -0.39 is 11.6 Å². The molecule has 0 saturated carbocycles. The number of amides is 1. The Balaban J connectivity index is 1.64. The van der Waals surface area contributed by atoms with E-state index in [1.54, 1.807) is 17.3 Å². The van der Waals surface area contributed by atoms with Crippen LogP contribution in [0.5, 0.6) is 0 Å². The molecule has 1 saturated heterocycles. The highest BCUT2D eigenvalue weighted by Crippen LogP contribution is 2.16. The second kappa shape index (κ2) is 6.90. The van der Waals surface area contributed by atoms with Gasteiger partial charge in [-0.3, -0.25) is 4.79 Å². The minimum absolute atomic E-state index is 0.0887. The molecule has 5 nitrogen and oxygen atoms in total. The summed E-state index contributed by atoms with van der Waals surface area (Å²) in [5.41, 5.74) is 1.61. The van der Waals surface area contributed by atoms with Crippen LogP contribution >= 0.6 is 0 Å². The van der Waals surface area contributed by atoms with Gasteiger partial charge in [0.25, 0.3) is 0 Å². The van der Waals surface area contributed by atoms with E-state index in [0.717, 1.165) is 24.1 Å². The van der Waals surface area contributed by atoms with E-state index in [2.05, 4.69) is 9.97 Å². The number of halogens is 2. The summed E-state index contributed by atoms with van der Waals surface area (Å²) in [6.45, 7) is 3.55. The molecule has 7 heteroatoms. The smallest absolute Gasteiger partial charge is 0.242 e. The van der Waals surface area contributed by atoms with Crippen molar-refractivity contribution >= 4 is 11.9 Å². The van der Waals surface area contributed by atoms with Gasteiger partial charge in [0.15, 0.2) is 11.6 Å². The van der Waals surface area contributed by atoms with Gasteiger partial charge in [-0.05, 0) is 29.7 Å². The molecule has 0 atom stereocenters. The Morgan fingerprint density at radius 2 is 1.83 bits per heavy atom. The highest BCUT2D eigenvalue weighted by molar-refractivity contribution is 5.82. The number of nitrogens with zero attached hydrogens (tertiary/aromatic N) is 4. The number of aryl methyl sites for hydroxylation is 1. The predicted octanol–water partition coefficient (Wildman–Crippen LogP) is 2.17. The summed E-state index contributed by atoms with van der Waals surface area (Å²) in [4.78, 5) is 24.4. The van der Waals surface area contributed by atoms with Crippen molar-refractivity contribution in [2.45, 2.75) is 19.9 Å². The fourth-order valence-electron chi connectivity index (χ4n) is 2.60. The fraction of sp³-hybridized carbons (Fsp3) is 0.353. The van der Waals surface area contributed by atoms with Gasteiger partial charge in [-0.1, -0.05) is 13.0 Å². The number of carbonyl (C=O) groups excluding carboxylic acids is 1. The number of benzene rings is 1. The first-order valence-corrected chi connectivity index (χ1v) is 7.84. The monoisotopic (exact) mass is 332 g/mol. The lowest BCUT2D eigenvalue weighted by atomic mass is 10.2. The molecule has 1 fully saturated rings. The van der Waals surface area contributed by atoms with Gasteiger partial charge < -0.3 is 9.80 Å². The summed E-state index contributed by atoms with van der Waals surface area (Å²) in [6, 6.07) is 3.70. The van der Waals surface area contributed by atoms with E-state index in [1.165, 1.54) is 6.07 Å². The van der Waals surface area contributed by atoms with Crippen molar-refractivity contribution in [1.82, 2.24) is 14.9 Å². The highest BCUT2D eigenvalue weighted by Gasteiger charge is 2.25. The molecule has 126 valence electrons. The molecule has 1 aromatic heterocycles. The Morgan fingerprint density at radius 3 is 2.46 bits per heavy atom. The molecule has 0 bridgehead atoms. The van der Waals surface area contributed by atoms with Gasteiger partial charge in [0, 0.05) is 32.0 Å². The van der Waals surface area contributed by atoms with Crippen LogP contribution in [0.1, 0.15) is 18.1 Å². The molecule has 2 aromatic rings. The molecule has 0 radical (unpaired) electrons. The van der Waals surface area contributed by atoms with Crippen molar-refractivity contribution in [3.8, 4) is 0 Å². The molecule has 3 rings (SSSR count). The van der Waals surface area contributed by atoms with Crippen LogP contribution in [0.25, 0.3) is 0 Å². The lowest BCUT2D eigenvalue weighted by Gasteiger charge is -2.34. The molecular formula is C17H18F2N4O. The Kier molecular flexibility index (Phi) is 4.69. The number of piperazine rings is 1. The third-order valence-corrected chi connectivity index (χ3v) is 4.06. The lowest BCUT2D eigenvalue weighted by molar-refractivity contribution is -0.131. The number of rotatable bonds is 4. The molecule has 1 aliphatic rings. The van der Waals surface area contributed by atoms with Crippen LogP contribution in [0.15, 0.2) is 30.6 Å². The summed E-state index contributed by atoms with van der Waals surface area (Å²) in [5.74, 6) is -1.34. The Bertz CT molecular complexity index is 736. The molecule has 0 unspecified atom stereocenters. The van der Waals surface area contributed by atoms with Gasteiger partial charge in [0.05, 0.1) is 0 Å². The number of anilines is 1. The first kappa shape index (κ1) is 16.3. The predicted molar refractivity (Wildman–Crippen MR) is 85.4 cm³/mol. The van der Waals surface area contributed by atoms with Crippen LogP contribution in [-0.4, -0.2) is 40.4 Å². The van der Waals surface area contributed by atoms with Gasteiger partial charge in [0.1, 0.15) is 6.54 Å². The quantitative estimate of drug-likeness (QED) is 0.861. The maximum absolute atomic E-state index is 13.3. The molecule has 2 heterocycles. The zero-order chi connectivity index (χ0) is 17.1. The molecule has 0 aliphatic carbocycles. The summed E-state index contributed by atoms with van der Waals surface area (Å²) < 4.78 is 26.2. The van der Waals surface area contributed by atoms with Crippen molar-refractivity contribution in [2.75, 3.05) is 24.5 Å². The first-order valence-electron chi connectivity index (χ1n) is 7.84. The minimum atomic E-state index is -0.900. The van der Waals surface area contributed by atoms with E-state index in [9.17, 15) is 13.6 Å². The SMILES string of the molecule is CCc1cnc(N2CCN(Cc3ccc(F)c(F)c3)C(=O)C2)nc1. The van der Waals surface area contributed by atoms with Crippen molar-refractivity contribution in [3.63, 3.8) is 0 Å². The van der Waals surface area contributed by atoms with Crippen LogP contribution in [0, 0.1) is 11.6 Å². The lowest BCUT2D eigenvalue weighted by Crippen LogP contribution is -2.50. The zero-order valence-corrected chi connectivity index (χ0v) is 13.4. The average molecular weight is 332 g/mol. The Hall–Kier alpha value is -2.57. The van der Waals surface area contributed by atoms with Crippen LogP contribution < -0.4 is 4.90 Å². The molecule has 1 aromatic carbocycles. The molecule has 0 spiro atoms. The van der Waals surface area contributed by atoms with E-state index in [4.69, 9.17) is 0 Å². The second-order valence-electron chi connectivity index (χ2n) is 5.73. The fourth-order valence-corrected chi connectivity index (χ4v) is 2.60. The Labute approximate surface area is 138 Å². The van der Waals surface area contributed by atoms with Gasteiger partial charge >= 0.3 is 0 Å². The van der Waals surface area contributed by atoms with Crippen molar-refractivity contribution in [3.05, 3.63) is 53.4 Å². The normalized spacial score (nSPS) is 15.0. The standard InChI is InChI=1S/C17H18F2N4O/c1-2-12-8-20-17(21-9-12)23-6-5-22(16(24)11-23)10-13-3-4-14(18)15(19)7-13/h3-4,7-9H,2,5-6,10-11H2,1H3. The van der Waals surface area contributed by atoms with Gasteiger partial charge in [-0.15, -0.1) is 0 Å². The van der Waals surface area contributed by atoms with E-state index in [1.807, 2.05) is 11.8 Å². The third kappa shape index (κ3) is 3.50. The van der Waals surface area contributed by atoms with Crippen LogP contribution in [-0.2, 0) is 17.8 Å². The summed E-state index contributed by atoms with van der Waals surface area (Å²) >= 11 is 0. The van der Waals surface area contributed by atoms with Gasteiger partial charge in [0.2, 0.25) is 11.9 Å². The molecule has 0 N–H and O–H groups in total. The minimum Gasteiger partial charge on any atom is -0.335 e. The number of carbonyl (C=O) groups is 1. The molecule has 24 heavy (non-hydrogen) atoms. The van der Waals surface area contributed by atoms with Gasteiger partial charge in [-0.2, -0.15) is 0 Å². The van der Waals surface area contributed by atoms with Crippen molar-refractivity contribution in [2.24, 2.45) is 0 Å². The maximum Gasteiger partial charge on any atom is 0.242 e. The molecule has 1 aliphatic heterocycles. The first-order chi connectivity index (χ1) is 11.6. The van der Waals surface area contributed by atoms with Crippen LogP contribution in [0.3, 0.4) is 0 Å². The van der Waals surface area contributed by atoms with E-state index >= 15 is 0 Å². The van der Waals surface area contributed by atoms with Crippen molar-refractivity contribution in [1.29, 1.82) is 0 Å². The molecular weight excluding hydrogens is 314 g/mol. The van der Waals surface area contributed by atoms with Gasteiger partial charge in [-0.25, -0.2) is 18.7 Å². The Morgan fingerprint density at radius 1 is 1.08 bits per heavy atom. The van der Waals surface area contributed by atoms with E-state index in [0.29, 0.717) is 24.6 Å². The summed E-state index contributed by atoms with van der Waals surface area (Å²) in [5, 5.41) is 0. The van der Waals surface area contributed by atoms with Crippen molar-refractivity contribution < 1.29 is 13.6 Å². The third-order valence-electron chi connectivity index (χ3n) is 4.06. The topological polar surface area (TPSA) is 49.3 Å². The average Bonchev–Trinajstić information content (AvgIpc) is 2.60. The van der Waals surface area contributed by atoms with Crippen LogP contribution in [0.2, 0.25) is 0 Å². The molecule has 1 amide bonds.